The summed E-state index contributed by atoms with van der Waals surface area (Å²) in [6.45, 7) is 0. The Morgan fingerprint density at radius 2 is 1.68 bits per heavy atom. The second-order valence-corrected chi connectivity index (χ2v) is 7.02. The molecule has 1 heterocycles. The first-order valence-electron chi connectivity index (χ1n) is 7.27. The zero-order chi connectivity index (χ0) is 15.1. The summed E-state index contributed by atoms with van der Waals surface area (Å²) in [5.41, 5.74) is 2.66. The SMILES string of the molecule is O=C(NC1Cc2ccccc2C1)c1sc2ccccc2c1Cl. The first-order valence-corrected chi connectivity index (χ1v) is 8.46. The van der Waals surface area contributed by atoms with Crippen LogP contribution in [0.3, 0.4) is 0 Å². The smallest absolute Gasteiger partial charge is 0.263 e. The van der Waals surface area contributed by atoms with Gasteiger partial charge in [0.05, 0.1) is 5.02 Å². The highest BCUT2D eigenvalue weighted by Gasteiger charge is 2.25. The van der Waals surface area contributed by atoms with E-state index in [-0.39, 0.29) is 11.9 Å². The lowest BCUT2D eigenvalue weighted by Gasteiger charge is -2.11. The molecule has 0 aliphatic heterocycles. The van der Waals surface area contributed by atoms with Gasteiger partial charge in [0.2, 0.25) is 0 Å². The molecule has 0 bridgehead atoms. The van der Waals surface area contributed by atoms with Crippen molar-refractivity contribution in [2.75, 3.05) is 0 Å². The van der Waals surface area contributed by atoms with Crippen molar-refractivity contribution in [3.05, 3.63) is 69.6 Å². The fraction of sp³-hybridized carbons (Fsp3) is 0.167. The maximum Gasteiger partial charge on any atom is 0.263 e. The molecule has 0 saturated heterocycles. The molecule has 0 fully saturated rings. The van der Waals surface area contributed by atoms with E-state index in [0.29, 0.717) is 9.90 Å². The van der Waals surface area contributed by atoms with Crippen molar-refractivity contribution in [3.8, 4) is 0 Å². The monoisotopic (exact) mass is 327 g/mol. The van der Waals surface area contributed by atoms with E-state index in [1.54, 1.807) is 0 Å². The predicted octanol–water partition coefficient (Wildman–Crippen LogP) is 4.45. The van der Waals surface area contributed by atoms with Gasteiger partial charge in [-0.25, -0.2) is 0 Å². The van der Waals surface area contributed by atoms with E-state index in [4.69, 9.17) is 11.6 Å². The number of hydrogen-bond donors (Lipinski definition) is 1. The van der Waals surface area contributed by atoms with E-state index in [9.17, 15) is 4.79 Å². The average Bonchev–Trinajstić information content (AvgIpc) is 3.08. The van der Waals surface area contributed by atoms with Gasteiger partial charge in [0.25, 0.3) is 5.91 Å². The molecular weight excluding hydrogens is 314 g/mol. The van der Waals surface area contributed by atoms with Crippen LogP contribution in [0.25, 0.3) is 10.1 Å². The maximum absolute atomic E-state index is 12.6. The minimum atomic E-state index is -0.0657. The van der Waals surface area contributed by atoms with Gasteiger partial charge in [-0.3, -0.25) is 4.79 Å². The van der Waals surface area contributed by atoms with E-state index < -0.39 is 0 Å². The van der Waals surface area contributed by atoms with Gasteiger partial charge in [-0.2, -0.15) is 0 Å². The molecule has 0 saturated carbocycles. The fourth-order valence-corrected chi connectivity index (χ4v) is 4.49. The Morgan fingerprint density at radius 3 is 2.36 bits per heavy atom. The topological polar surface area (TPSA) is 29.1 Å². The van der Waals surface area contributed by atoms with Crippen molar-refractivity contribution < 1.29 is 4.79 Å². The third-order valence-electron chi connectivity index (χ3n) is 4.13. The summed E-state index contributed by atoms with van der Waals surface area (Å²) in [4.78, 5) is 13.2. The molecule has 0 radical (unpaired) electrons. The number of halogens is 1. The number of carbonyl (C=O) groups is 1. The lowest BCUT2D eigenvalue weighted by Crippen LogP contribution is -2.34. The zero-order valence-corrected chi connectivity index (χ0v) is 13.4. The van der Waals surface area contributed by atoms with Gasteiger partial charge in [0.15, 0.2) is 0 Å². The second-order valence-electron chi connectivity index (χ2n) is 5.59. The Morgan fingerprint density at radius 1 is 1.05 bits per heavy atom. The third kappa shape index (κ3) is 2.31. The Kier molecular flexibility index (Phi) is 3.40. The molecule has 0 unspecified atom stereocenters. The molecule has 1 amide bonds. The van der Waals surface area contributed by atoms with Crippen molar-refractivity contribution in [2.24, 2.45) is 0 Å². The van der Waals surface area contributed by atoms with Gasteiger partial charge < -0.3 is 5.32 Å². The minimum Gasteiger partial charge on any atom is -0.348 e. The summed E-state index contributed by atoms with van der Waals surface area (Å²) in [5, 5.41) is 4.65. The van der Waals surface area contributed by atoms with Crippen molar-refractivity contribution in [1.29, 1.82) is 0 Å². The van der Waals surface area contributed by atoms with Crippen LogP contribution in [0.15, 0.2) is 48.5 Å². The molecular formula is C18H14ClNOS. The summed E-state index contributed by atoms with van der Waals surface area (Å²) in [5.74, 6) is -0.0657. The Balaban J connectivity index is 1.56. The summed E-state index contributed by atoms with van der Waals surface area (Å²) < 4.78 is 1.05. The van der Waals surface area contributed by atoms with Crippen LogP contribution >= 0.6 is 22.9 Å². The molecule has 0 spiro atoms. The number of thiophene rings is 1. The maximum atomic E-state index is 12.6. The lowest BCUT2D eigenvalue weighted by molar-refractivity contribution is 0.0943. The number of hydrogen-bond acceptors (Lipinski definition) is 2. The molecule has 4 heteroatoms. The third-order valence-corrected chi connectivity index (χ3v) is 5.80. The molecule has 2 nitrogen and oxygen atoms in total. The highest BCUT2D eigenvalue weighted by Crippen LogP contribution is 2.35. The number of carbonyl (C=O) groups excluding carboxylic acids is 1. The number of benzene rings is 2. The van der Waals surface area contributed by atoms with Crippen molar-refractivity contribution in [1.82, 2.24) is 5.32 Å². The van der Waals surface area contributed by atoms with Crippen LogP contribution in [0, 0.1) is 0 Å². The van der Waals surface area contributed by atoms with Crippen molar-refractivity contribution in [3.63, 3.8) is 0 Å². The van der Waals surface area contributed by atoms with Gasteiger partial charge in [-0.05, 0) is 30.0 Å². The van der Waals surface area contributed by atoms with E-state index in [1.165, 1.54) is 22.5 Å². The Labute approximate surface area is 137 Å². The molecule has 110 valence electrons. The van der Waals surface area contributed by atoms with Crippen LogP contribution in [0.2, 0.25) is 5.02 Å². The van der Waals surface area contributed by atoms with Gasteiger partial charge >= 0.3 is 0 Å². The molecule has 22 heavy (non-hydrogen) atoms. The quantitative estimate of drug-likeness (QED) is 0.740. The van der Waals surface area contributed by atoms with E-state index >= 15 is 0 Å². The van der Waals surface area contributed by atoms with Gasteiger partial charge in [-0.15, -0.1) is 11.3 Å². The lowest BCUT2D eigenvalue weighted by atomic mass is 10.1. The van der Waals surface area contributed by atoms with Crippen molar-refractivity contribution >= 4 is 38.9 Å². The molecule has 3 aromatic rings. The first-order chi connectivity index (χ1) is 10.7. The van der Waals surface area contributed by atoms with Crippen LogP contribution in [-0.4, -0.2) is 11.9 Å². The van der Waals surface area contributed by atoms with E-state index in [2.05, 4.69) is 17.4 Å². The summed E-state index contributed by atoms with van der Waals surface area (Å²) >= 11 is 7.83. The molecule has 2 aromatic carbocycles. The Hall–Kier alpha value is -1.84. The normalized spacial score (nSPS) is 14.2. The number of fused-ring (bicyclic) bond motifs is 2. The van der Waals surface area contributed by atoms with Crippen LogP contribution < -0.4 is 5.32 Å². The first kappa shape index (κ1) is 13.8. The van der Waals surface area contributed by atoms with Crippen molar-refractivity contribution in [2.45, 2.75) is 18.9 Å². The molecule has 0 atom stereocenters. The number of nitrogens with one attached hydrogen (secondary N) is 1. The second kappa shape index (κ2) is 5.41. The van der Waals surface area contributed by atoms with Gasteiger partial charge in [-0.1, -0.05) is 54.1 Å². The largest absolute Gasteiger partial charge is 0.348 e. The van der Waals surface area contributed by atoms with E-state index in [0.717, 1.165) is 22.9 Å². The van der Waals surface area contributed by atoms with Gasteiger partial charge in [0.1, 0.15) is 4.88 Å². The molecule has 1 N–H and O–H groups in total. The minimum absolute atomic E-state index is 0.0657. The molecule has 4 rings (SSSR count). The Bertz CT molecular complexity index is 845. The number of amides is 1. The molecule has 1 aliphatic rings. The van der Waals surface area contributed by atoms with Crippen LogP contribution in [0.4, 0.5) is 0 Å². The highest BCUT2D eigenvalue weighted by atomic mass is 35.5. The highest BCUT2D eigenvalue weighted by molar-refractivity contribution is 7.21. The summed E-state index contributed by atoms with van der Waals surface area (Å²) in [6.07, 6.45) is 1.79. The molecule has 1 aliphatic carbocycles. The van der Waals surface area contributed by atoms with E-state index in [1.807, 2.05) is 36.4 Å². The summed E-state index contributed by atoms with van der Waals surface area (Å²) in [6, 6.07) is 16.4. The standard InChI is InChI=1S/C18H14ClNOS/c19-16-14-7-3-4-8-15(14)22-17(16)18(21)20-13-9-11-5-1-2-6-12(11)10-13/h1-8,13H,9-10H2,(H,20,21). The van der Waals surface area contributed by atoms with Crippen LogP contribution in [0.5, 0.6) is 0 Å². The van der Waals surface area contributed by atoms with Crippen LogP contribution in [0.1, 0.15) is 20.8 Å². The summed E-state index contributed by atoms with van der Waals surface area (Å²) in [7, 11) is 0. The average molecular weight is 328 g/mol. The zero-order valence-electron chi connectivity index (χ0n) is 11.8. The molecule has 1 aromatic heterocycles. The van der Waals surface area contributed by atoms with Crippen LogP contribution in [-0.2, 0) is 12.8 Å². The predicted molar refractivity (Wildman–Crippen MR) is 91.9 cm³/mol. The van der Waals surface area contributed by atoms with Gasteiger partial charge in [0, 0.05) is 16.1 Å². The number of rotatable bonds is 2. The fourth-order valence-electron chi connectivity index (χ4n) is 3.07.